The van der Waals surface area contributed by atoms with E-state index in [4.69, 9.17) is 5.73 Å². The number of anilines is 1. The summed E-state index contributed by atoms with van der Waals surface area (Å²) in [6.07, 6.45) is 5.21. The molecule has 2 N–H and O–H groups in total. The van der Waals surface area contributed by atoms with Crippen LogP contribution in [0.5, 0.6) is 0 Å². The lowest BCUT2D eigenvalue weighted by Crippen LogP contribution is -1.92. The van der Waals surface area contributed by atoms with Crippen molar-refractivity contribution in [2.45, 2.75) is 6.92 Å². The van der Waals surface area contributed by atoms with Gasteiger partial charge in [-0.15, -0.1) is 21.5 Å². The minimum absolute atomic E-state index is 0.725. The predicted octanol–water partition coefficient (Wildman–Crippen LogP) is 1.74. The number of nitrogens with two attached hydrogens (primary N) is 1. The molecule has 0 aliphatic heterocycles. The maximum Gasteiger partial charge on any atom is 0.180 e. The first-order valence-electron chi connectivity index (χ1n) is 4.76. The highest BCUT2D eigenvalue weighted by Crippen LogP contribution is 2.33. The average Bonchev–Trinajstić information content (AvgIpc) is 2.85. The molecule has 0 aromatic carbocycles. The van der Waals surface area contributed by atoms with Gasteiger partial charge in [0.25, 0.3) is 0 Å². The van der Waals surface area contributed by atoms with Crippen LogP contribution in [0.25, 0.3) is 16.3 Å². The van der Waals surface area contributed by atoms with Crippen LogP contribution in [0.1, 0.15) is 5.56 Å². The molecule has 0 radical (unpaired) electrons. The van der Waals surface area contributed by atoms with Crippen LogP contribution in [0.3, 0.4) is 0 Å². The van der Waals surface area contributed by atoms with Crippen LogP contribution in [0, 0.1) is 6.92 Å². The summed E-state index contributed by atoms with van der Waals surface area (Å²) in [5.41, 5.74) is 8.57. The molecule has 0 unspecified atom stereocenters. The minimum atomic E-state index is 0.725. The fourth-order valence-electron chi connectivity index (χ4n) is 1.53. The summed E-state index contributed by atoms with van der Waals surface area (Å²) in [7, 11) is 0. The Bertz CT molecular complexity index is 654. The molecular formula is C10H9N5S. The van der Waals surface area contributed by atoms with Gasteiger partial charge in [0.2, 0.25) is 0 Å². The van der Waals surface area contributed by atoms with Gasteiger partial charge in [-0.1, -0.05) is 0 Å². The van der Waals surface area contributed by atoms with Crippen LogP contribution >= 0.6 is 11.3 Å². The summed E-state index contributed by atoms with van der Waals surface area (Å²) in [5, 5.41) is 10.2. The smallest absolute Gasteiger partial charge is 0.180 e. The first-order valence-corrected chi connectivity index (χ1v) is 5.64. The van der Waals surface area contributed by atoms with Gasteiger partial charge in [-0.3, -0.25) is 9.38 Å². The van der Waals surface area contributed by atoms with Gasteiger partial charge < -0.3 is 5.73 Å². The Morgan fingerprint density at radius 2 is 2.25 bits per heavy atom. The Balaban J connectivity index is 2.30. The molecule has 5 nitrogen and oxygen atoms in total. The topological polar surface area (TPSA) is 69.1 Å². The van der Waals surface area contributed by atoms with Crippen LogP contribution in [-0.2, 0) is 0 Å². The van der Waals surface area contributed by atoms with Crippen molar-refractivity contribution >= 4 is 22.7 Å². The van der Waals surface area contributed by atoms with Gasteiger partial charge in [0.05, 0.1) is 16.8 Å². The van der Waals surface area contributed by atoms with E-state index >= 15 is 0 Å². The molecule has 0 bridgehead atoms. The van der Waals surface area contributed by atoms with Crippen LogP contribution in [0.15, 0.2) is 24.0 Å². The van der Waals surface area contributed by atoms with E-state index in [1.54, 1.807) is 23.7 Å². The molecular weight excluding hydrogens is 222 g/mol. The van der Waals surface area contributed by atoms with Crippen molar-refractivity contribution in [3.63, 3.8) is 0 Å². The number of nitrogen functional groups attached to an aromatic ring is 1. The zero-order chi connectivity index (χ0) is 11.1. The summed E-state index contributed by atoms with van der Waals surface area (Å²) in [6.45, 7) is 1.99. The van der Waals surface area contributed by atoms with E-state index in [9.17, 15) is 0 Å². The highest BCUT2D eigenvalue weighted by molar-refractivity contribution is 7.14. The SMILES string of the molecule is Cc1csc(-c2nnc3cnccn23)c1N. The van der Waals surface area contributed by atoms with E-state index in [0.717, 1.165) is 27.6 Å². The number of hydrogen-bond acceptors (Lipinski definition) is 5. The van der Waals surface area contributed by atoms with Crippen LogP contribution in [0.4, 0.5) is 5.69 Å². The van der Waals surface area contributed by atoms with Crippen LogP contribution < -0.4 is 5.73 Å². The van der Waals surface area contributed by atoms with Gasteiger partial charge >= 0.3 is 0 Å². The molecule has 6 heteroatoms. The van der Waals surface area contributed by atoms with E-state index in [0.29, 0.717) is 0 Å². The van der Waals surface area contributed by atoms with Crippen molar-refractivity contribution in [1.82, 2.24) is 19.6 Å². The second-order valence-electron chi connectivity index (χ2n) is 3.49. The molecule has 0 aliphatic rings. The van der Waals surface area contributed by atoms with E-state index < -0.39 is 0 Å². The number of thiophene rings is 1. The van der Waals surface area contributed by atoms with Crippen molar-refractivity contribution < 1.29 is 0 Å². The van der Waals surface area contributed by atoms with Gasteiger partial charge in [0, 0.05) is 12.4 Å². The van der Waals surface area contributed by atoms with Gasteiger partial charge in [0.1, 0.15) is 0 Å². The van der Waals surface area contributed by atoms with E-state index in [1.165, 1.54) is 0 Å². The fourth-order valence-corrected chi connectivity index (χ4v) is 2.49. The van der Waals surface area contributed by atoms with Crippen molar-refractivity contribution in [3.8, 4) is 10.7 Å². The van der Waals surface area contributed by atoms with Crippen molar-refractivity contribution in [3.05, 3.63) is 29.5 Å². The fraction of sp³-hybridized carbons (Fsp3) is 0.100. The molecule has 3 heterocycles. The minimum Gasteiger partial charge on any atom is -0.397 e. The zero-order valence-electron chi connectivity index (χ0n) is 8.58. The summed E-state index contributed by atoms with van der Waals surface area (Å²) in [6, 6.07) is 0. The molecule has 0 amide bonds. The molecule has 16 heavy (non-hydrogen) atoms. The monoisotopic (exact) mass is 231 g/mol. The Morgan fingerprint density at radius 3 is 3.00 bits per heavy atom. The molecule has 3 aromatic rings. The van der Waals surface area contributed by atoms with Crippen molar-refractivity contribution in [2.24, 2.45) is 0 Å². The maximum atomic E-state index is 6.00. The highest BCUT2D eigenvalue weighted by Gasteiger charge is 2.13. The molecule has 0 aliphatic carbocycles. The lowest BCUT2D eigenvalue weighted by molar-refractivity contribution is 1.12. The molecule has 3 aromatic heterocycles. The van der Waals surface area contributed by atoms with E-state index in [1.807, 2.05) is 22.9 Å². The number of fused-ring (bicyclic) bond motifs is 1. The van der Waals surface area contributed by atoms with Crippen LogP contribution in [0.2, 0.25) is 0 Å². The molecule has 0 saturated heterocycles. The highest BCUT2D eigenvalue weighted by atomic mass is 32.1. The third kappa shape index (κ3) is 1.20. The maximum absolute atomic E-state index is 6.00. The third-order valence-electron chi connectivity index (χ3n) is 2.44. The third-order valence-corrected chi connectivity index (χ3v) is 3.55. The molecule has 3 rings (SSSR count). The Kier molecular flexibility index (Phi) is 1.90. The second-order valence-corrected chi connectivity index (χ2v) is 4.37. The number of aromatic nitrogens is 4. The number of nitrogens with zero attached hydrogens (tertiary/aromatic N) is 4. The molecule has 0 fully saturated rings. The molecule has 80 valence electrons. The number of hydrogen-bond donors (Lipinski definition) is 1. The van der Waals surface area contributed by atoms with E-state index in [-0.39, 0.29) is 0 Å². The van der Waals surface area contributed by atoms with Crippen molar-refractivity contribution in [1.29, 1.82) is 0 Å². The summed E-state index contributed by atoms with van der Waals surface area (Å²) in [4.78, 5) is 4.95. The largest absolute Gasteiger partial charge is 0.397 e. The predicted molar refractivity (Wildman–Crippen MR) is 63.2 cm³/mol. The lowest BCUT2D eigenvalue weighted by Gasteiger charge is -1.98. The van der Waals surface area contributed by atoms with Gasteiger partial charge in [-0.25, -0.2) is 0 Å². The van der Waals surface area contributed by atoms with Crippen LogP contribution in [-0.4, -0.2) is 19.6 Å². The Labute approximate surface area is 95.6 Å². The summed E-state index contributed by atoms with van der Waals surface area (Å²) < 4.78 is 1.88. The quantitative estimate of drug-likeness (QED) is 0.692. The summed E-state index contributed by atoms with van der Waals surface area (Å²) >= 11 is 1.58. The average molecular weight is 231 g/mol. The summed E-state index contributed by atoms with van der Waals surface area (Å²) in [5.74, 6) is 0.771. The normalized spacial score (nSPS) is 11.1. The number of rotatable bonds is 1. The Hall–Kier alpha value is -1.95. The molecule has 0 saturated carbocycles. The standard InChI is InChI=1S/C10H9N5S/c1-6-5-16-9(8(6)11)10-14-13-7-4-12-2-3-15(7)10/h2-5H,11H2,1H3. The van der Waals surface area contributed by atoms with Gasteiger partial charge in [-0.05, 0) is 17.9 Å². The van der Waals surface area contributed by atoms with E-state index in [2.05, 4.69) is 15.2 Å². The van der Waals surface area contributed by atoms with Crippen molar-refractivity contribution in [2.75, 3.05) is 5.73 Å². The van der Waals surface area contributed by atoms with Gasteiger partial charge in [-0.2, -0.15) is 0 Å². The first kappa shape index (κ1) is 9.29. The lowest BCUT2D eigenvalue weighted by atomic mass is 10.3. The molecule has 0 atom stereocenters. The zero-order valence-corrected chi connectivity index (χ0v) is 9.40. The first-order chi connectivity index (χ1) is 7.77. The molecule has 0 spiro atoms. The van der Waals surface area contributed by atoms with Gasteiger partial charge in [0.15, 0.2) is 11.5 Å². The number of aryl methyl sites for hydroxylation is 1. The Morgan fingerprint density at radius 1 is 1.38 bits per heavy atom. The second kappa shape index (κ2) is 3.28.